The first-order valence-corrected chi connectivity index (χ1v) is 14.7. The Bertz CT molecular complexity index is 290. The van der Waals surface area contributed by atoms with Crippen molar-refractivity contribution in [1.29, 1.82) is 0 Å². The Labute approximate surface area is 139 Å². The van der Waals surface area contributed by atoms with Crippen LogP contribution in [0.15, 0.2) is 0 Å². The van der Waals surface area contributed by atoms with Gasteiger partial charge >= 0.3 is 140 Å². The molecule has 0 spiro atoms. The van der Waals surface area contributed by atoms with Gasteiger partial charge in [-0.25, -0.2) is 0 Å². The summed E-state index contributed by atoms with van der Waals surface area (Å²) in [5.74, 6) is 6.68. The number of amides is 2. The number of rotatable bonds is 6. The molecule has 6 heteroatoms. The van der Waals surface area contributed by atoms with Crippen LogP contribution in [0.2, 0.25) is 0 Å². The third kappa shape index (κ3) is 4.29. The van der Waals surface area contributed by atoms with Crippen molar-refractivity contribution in [2.24, 2.45) is 0 Å². The van der Waals surface area contributed by atoms with E-state index in [4.69, 9.17) is 5.80 Å². The molecule has 2 saturated carbocycles. The number of halogens is 1. The maximum absolute atomic E-state index is 11.5. The minimum absolute atomic E-state index is 0.284. The predicted molar refractivity (Wildman–Crippen MR) is 75.4 cm³/mol. The monoisotopic (exact) mass is 429 g/mol. The number of hydrogen-bond donors (Lipinski definition) is 0. The number of carbonyl (C=O) groups is 2. The normalized spacial score (nSPS) is 21.2. The number of hydrogen-bond acceptors (Lipinski definition) is 2. The molecule has 0 N–H and O–H groups in total. The Balaban J connectivity index is 2.01. The van der Waals surface area contributed by atoms with Gasteiger partial charge in [0.15, 0.2) is 0 Å². The van der Waals surface area contributed by atoms with E-state index in [0.717, 1.165) is 38.5 Å². The summed E-state index contributed by atoms with van der Waals surface area (Å²) in [7, 11) is 0. The molecule has 0 aromatic carbocycles. The molecule has 4 nitrogen and oxygen atoms in total. The van der Waals surface area contributed by atoms with E-state index in [9.17, 15) is 9.59 Å². The van der Waals surface area contributed by atoms with Crippen molar-refractivity contribution < 1.29 is 43.4 Å². The Morgan fingerprint density at radius 1 is 0.750 bits per heavy atom. The van der Waals surface area contributed by atoms with Crippen molar-refractivity contribution in [1.82, 2.24) is 1.97 Å². The summed E-state index contributed by atoms with van der Waals surface area (Å²) < 4.78 is 3.74. The predicted octanol–water partition coefficient (Wildman–Crippen LogP) is 3.17. The van der Waals surface area contributed by atoms with Gasteiger partial charge in [0.2, 0.25) is 0 Å². The molecule has 0 aromatic rings. The van der Waals surface area contributed by atoms with Gasteiger partial charge in [-0.3, -0.25) is 0 Å². The van der Waals surface area contributed by atoms with Gasteiger partial charge < -0.3 is 0 Å². The quantitative estimate of drug-likeness (QED) is 0.606. The van der Waals surface area contributed by atoms with Gasteiger partial charge in [-0.05, 0) is 0 Å². The standard InChI is InChI=1S/2C7H13NO.ClH.Nd/c2*9-6-8-7-4-2-1-3-5-7;;/h2*6-7H,1-5H2,(H,8,9);1H;/q;;;+3/p-3. The van der Waals surface area contributed by atoms with Crippen molar-refractivity contribution in [2.45, 2.75) is 76.3 Å². The van der Waals surface area contributed by atoms with Gasteiger partial charge in [0.1, 0.15) is 0 Å². The van der Waals surface area contributed by atoms with Crippen molar-refractivity contribution >= 4 is 18.6 Å². The van der Waals surface area contributed by atoms with Gasteiger partial charge in [-0.15, -0.1) is 0 Å². The second-order valence-electron chi connectivity index (χ2n) is 5.88. The molecule has 0 atom stereocenters. The van der Waals surface area contributed by atoms with Crippen LogP contribution in [0.3, 0.4) is 0 Å². The molecule has 2 rings (SSSR count). The van der Waals surface area contributed by atoms with Crippen LogP contribution in [0.25, 0.3) is 0 Å². The molecular formula is C14H24ClN2NdO2. The topological polar surface area (TPSA) is 40.6 Å². The summed E-state index contributed by atoms with van der Waals surface area (Å²) >= 11 is -3.00. The Morgan fingerprint density at radius 2 is 1.10 bits per heavy atom. The number of nitrogens with zero attached hydrogens (tertiary/aromatic N) is 2. The van der Waals surface area contributed by atoms with E-state index in [0.29, 0.717) is 0 Å². The summed E-state index contributed by atoms with van der Waals surface area (Å²) in [5, 5.41) is 0. The molecule has 0 heterocycles. The third-order valence-corrected chi connectivity index (χ3v) is 13.2. The van der Waals surface area contributed by atoms with Crippen molar-refractivity contribution in [2.75, 3.05) is 0 Å². The summed E-state index contributed by atoms with van der Waals surface area (Å²) in [6.45, 7) is 0. The van der Waals surface area contributed by atoms with Crippen LogP contribution in [0, 0.1) is 33.8 Å². The maximum atomic E-state index is 11.5. The second-order valence-corrected chi connectivity index (χ2v) is 13.4. The van der Waals surface area contributed by atoms with E-state index in [1.807, 2.05) is 1.97 Å². The summed E-state index contributed by atoms with van der Waals surface area (Å²) in [6.07, 6.45) is 13.3. The van der Waals surface area contributed by atoms with E-state index in [2.05, 4.69) is 0 Å². The van der Waals surface area contributed by atoms with E-state index in [1.54, 1.807) is 0 Å². The van der Waals surface area contributed by atoms with Gasteiger partial charge in [0.25, 0.3) is 0 Å². The van der Waals surface area contributed by atoms with Crippen LogP contribution in [0.5, 0.6) is 0 Å². The summed E-state index contributed by atoms with van der Waals surface area (Å²) in [5.41, 5.74) is 0. The molecule has 2 aliphatic carbocycles. The van der Waals surface area contributed by atoms with Crippen LogP contribution in [0.1, 0.15) is 64.2 Å². The third-order valence-electron chi connectivity index (χ3n) is 4.59. The molecule has 2 fully saturated rings. The average molecular weight is 432 g/mol. The van der Waals surface area contributed by atoms with Gasteiger partial charge in [0.05, 0.1) is 0 Å². The van der Waals surface area contributed by atoms with Crippen LogP contribution >= 0.6 is 5.80 Å². The SMILES string of the molecule is O=C[N](C1CCCCC1)[Nd]([Cl])[N](C=O)C1CCCCC1. The molecule has 0 radical (unpaired) electrons. The fourth-order valence-electron chi connectivity index (χ4n) is 3.41. The summed E-state index contributed by atoms with van der Waals surface area (Å²) in [6, 6.07) is 0.569. The summed E-state index contributed by atoms with van der Waals surface area (Å²) in [4.78, 5) is 23.0. The molecule has 2 amide bonds. The second kappa shape index (κ2) is 8.89. The molecule has 20 heavy (non-hydrogen) atoms. The first-order chi connectivity index (χ1) is 9.77. The molecule has 0 bridgehead atoms. The average Bonchev–Trinajstić information content (AvgIpc) is 2.51. The molecule has 2 aliphatic rings. The zero-order chi connectivity index (χ0) is 14.4. The fourth-order valence-corrected chi connectivity index (χ4v) is 11.1. The first kappa shape index (κ1) is 16.9. The van der Waals surface area contributed by atoms with E-state index in [-0.39, 0.29) is 12.1 Å². The Morgan fingerprint density at radius 3 is 1.40 bits per heavy atom. The molecule has 0 aliphatic heterocycles. The van der Waals surface area contributed by atoms with Crippen molar-refractivity contribution in [3.63, 3.8) is 0 Å². The van der Waals surface area contributed by atoms with E-state index >= 15 is 0 Å². The van der Waals surface area contributed by atoms with E-state index in [1.165, 1.54) is 38.5 Å². The van der Waals surface area contributed by atoms with Gasteiger partial charge in [0, 0.05) is 0 Å². The molecular weight excluding hydrogens is 408 g/mol. The van der Waals surface area contributed by atoms with Crippen molar-refractivity contribution in [3.05, 3.63) is 0 Å². The molecule has 0 saturated heterocycles. The van der Waals surface area contributed by atoms with Crippen LogP contribution < -0.4 is 0 Å². The van der Waals surface area contributed by atoms with Crippen LogP contribution in [0.4, 0.5) is 0 Å². The van der Waals surface area contributed by atoms with Crippen molar-refractivity contribution in [3.8, 4) is 0 Å². The van der Waals surface area contributed by atoms with Crippen LogP contribution in [-0.4, -0.2) is 26.9 Å². The Kier molecular flexibility index (Phi) is 7.53. The molecule has 113 valence electrons. The van der Waals surface area contributed by atoms with E-state index < -0.39 is 33.8 Å². The zero-order valence-electron chi connectivity index (χ0n) is 12.0. The minimum atomic E-state index is -3.00. The number of carbonyl (C=O) groups excluding carboxylic acids is 2. The zero-order valence-corrected chi connectivity index (χ0v) is 15.9. The van der Waals surface area contributed by atoms with Crippen LogP contribution in [-0.2, 0) is 9.59 Å². The molecule has 0 unspecified atom stereocenters. The fraction of sp³-hybridized carbons (Fsp3) is 0.857. The Hall–Kier alpha value is 0.581. The van der Waals surface area contributed by atoms with Gasteiger partial charge in [-0.2, -0.15) is 0 Å². The first-order valence-electron chi connectivity index (χ1n) is 7.77. The molecule has 0 aromatic heterocycles. The van der Waals surface area contributed by atoms with Gasteiger partial charge in [-0.1, -0.05) is 0 Å².